The van der Waals surface area contributed by atoms with Crippen LogP contribution >= 0.6 is 0 Å². The molecule has 3 aromatic rings. The summed E-state index contributed by atoms with van der Waals surface area (Å²) in [6, 6.07) is 23.8. The van der Waals surface area contributed by atoms with Crippen molar-refractivity contribution in [2.45, 2.75) is 12.8 Å². The first-order valence-electron chi connectivity index (χ1n) is 9.50. The number of rotatable bonds is 5. The lowest BCUT2D eigenvalue weighted by Gasteiger charge is -2.23. The van der Waals surface area contributed by atoms with E-state index in [9.17, 15) is 4.79 Å². The van der Waals surface area contributed by atoms with Gasteiger partial charge >= 0.3 is 0 Å². The molecule has 4 nitrogen and oxygen atoms in total. The molecule has 1 aliphatic heterocycles. The Morgan fingerprint density at radius 3 is 2.36 bits per heavy atom. The molecular weight excluding hydrogens is 350 g/mol. The maximum atomic E-state index is 12.6. The molecule has 1 heterocycles. The molecule has 1 amide bonds. The van der Waals surface area contributed by atoms with E-state index < -0.39 is 0 Å². The van der Waals surface area contributed by atoms with Gasteiger partial charge in [-0.05, 0) is 42.3 Å². The fraction of sp³-hybridized carbons (Fsp3) is 0.208. The molecule has 1 atom stereocenters. The van der Waals surface area contributed by atoms with Crippen molar-refractivity contribution < 1.29 is 14.3 Å². The zero-order valence-electron chi connectivity index (χ0n) is 15.9. The highest BCUT2D eigenvalue weighted by Crippen LogP contribution is 2.35. The average Bonchev–Trinajstić information content (AvgIpc) is 2.75. The summed E-state index contributed by atoms with van der Waals surface area (Å²) in [5.41, 5.74) is 4.03. The quantitative estimate of drug-likeness (QED) is 0.724. The Labute approximate surface area is 165 Å². The topological polar surface area (TPSA) is 47.6 Å². The second kappa shape index (κ2) is 8.17. The van der Waals surface area contributed by atoms with E-state index >= 15 is 0 Å². The lowest BCUT2D eigenvalue weighted by atomic mass is 9.90. The minimum atomic E-state index is -0.0709. The Morgan fingerprint density at radius 2 is 1.61 bits per heavy atom. The molecule has 1 unspecified atom stereocenters. The van der Waals surface area contributed by atoms with Crippen molar-refractivity contribution in [2.75, 3.05) is 19.8 Å². The van der Waals surface area contributed by atoms with Gasteiger partial charge in [-0.15, -0.1) is 0 Å². The van der Waals surface area contributed by atoms with Gasteiger partial charge in [0, 0.05) is 18.0 Å². The van der Waals surface area contributed by atoms with Gasteiger partial charge in [-0.2, -0.15) is 0 Å². The van der Waals surface area contributed by atoms with Crippen molar-refractivity contribution in [3.8, 4) is 11.5 Å². The number of fused-ring (bicyclic) bond motifs is 1. The van der Waals surface area contributed by atoms with Crippen LogP contribution in [0.2, 0.25) is 0 Å². The fourth-order valence-corrected chi connectivity index (χ4v) is 3.39. The molecule has 1 aliphatic rings. The van der Waals surface area contributed by atoms with Crippen LogP contribution < -0.4 is 14.8 Å². The van der Waals surface area contributed by atoms with Gasteiger partial charge in [-0.3, -0.25) is 4.79 Å². The highest BCUT2D eigenvalue weighted by molar-refractivity contribution is 5.94. The first-order valence-corrected chi connectivity index (χ1v) is 9.50. The van der Waals surface area contributed by atoms with Crippen LogP contribution in [-0.4, -0.2) is 25.7 Å². The van der Waals surface area contributed by atoms with E-state index in [-0.39, 0.29) is 11.8 Å². The van der Waals surface area contributed by atoms with Gasteiger partial charge in [-0.25, -0.2) is 0 Å². The second-order valence-electron chi connectivity index (χ2n) is 6.94. The molecule has 4 heteroatoms. The Hall–Kier alpha value is -3.27. The van der Waals surface area contributed by atoms with Gasteiger partial charge in [-0.1, -0.05) is 54.1 Å². The van der Waals surface area contributed by atoms with Crippen LogP contribution in [0, 0.1) is 6.92 Å². The smallest absolute Gasteiger partial charge is 0.251 e. The van der Waals surface area contributed by atoms with E-state index in [2.05, 4.69) is 17.4 Å². The molecule has 1 N–H and O–H groups in total. The maximum Gasteiger partial charge on any atom is 0.251 e. The highest BCUT2D eigenvalue weighted by atomic mass is 16.6. The van der Waals surface area contributed by atoms with Gasteiger partial charge in [0.1, 0.15) is 13.2 Å². The summed E-state index contributed by atoms with van der Waals surface area (Å²) >= 11 is 0. The van der Waals surface area contributed by atoms with E-state index in [0.29, 0.717) is 25.3 Å². The summed E-state index contributed by atoms with van der Waals surface area (Å²) in [6.07, 6.45) is 0. The predicted molar refractivity (Wildman–Crippen MR) is 109 cm³/mol. The fourth-order valence-electron chi connectivity index (χ4n) is 3.39. The summed E-state index contributed by atoms with van der Waals surface area (Å²) in [4.78, 5) is 12.6. The number of ether oxygens (including phenoxy) is 2. The molecule has 3 aromatic carbocycles. The van der Waals surface area contributed by atoms with Crippen LogP contribution in [0.4, 0.5) is 0 Å². The maximum absolute atomic E-state index is 12.6. The molecule has 0 aromatic heterocycles. The summed E-state index contributed by atoms with van der Waals surface area (Å²) < 4.78 is 11.4. The van der Waals surface area contributed by atoms with Crippen molar-refractivity contribution in [1.82, 2.24) is 5.32 Å². The molecule has 28 heavy (non-hydrogen) atoms. The standard InChI is InChI=1S/C24H23NO3/c1-17-7-9-19(10-8-17)24(26)25-16-21(18-5-3-2-4-6-18)20-11-12-22-23(15-20)28-14-13-27-22/h2-12,15,21H,13-14,16H2,1H3,(H,25,26). The van der Waals surface area contributed by atoms with Crippen molar-refractivity contribution in [1.29, 1.82) is 0 Å². The van der Waals surface area contributed by atoms with Crippen LogP contribution in [0.5, 0.6) is 11.5 Å². The molecule has 4 rings (SSSR count). The van der Waals surface area contributed by atoms with E-state index in [1.807, 2.05) is 67.6 Å². The Morgan fingerprint density at radius 1 is 0.893 bits per heavy atom. The molecule has 0 radical (unpaired) electrons. The molecule has 0 saturated heterocycles. The van der Waals surface area contributed by atoms with E-state index in [0.717, 1.165) is 28.2 Å². The highest BCUT2D eigenvalue weighted by Gasteiger charge is 2.19. The summed E-state index contributed by atoms with van der Waals surface area (Å²) in [6.45, 7) is 3.63. The third-order valence-electron chi connectivity index (χ3n) is 4.95. The van der Waals surface area contributed by atoms with Gasteiger partial charge in [0.2, 0.25) is 0 Å². The molecule has 0 fully saturated rings. The minimum absolute atomic E-state index is 0.0198. The summed E-state index contributed by atoms with van der Waals surface area (Å²) in [7, 11) is 0. The van der Waals surface area contributed by atoms with E-state index in [4.69, 9.17) is 9.47 Å². The van der Waals surface area contributed by atoms with Crippen molar-refractivity contribution in [3.05, 3.63) is 95.1 Å². The van der Waals surface area contributed by atoms with Gasteiger partial charge in [0.25, 0.3) is 5.91 Å². The van der Waals surface area contributed by atoms with E-state index in [1.165, 1.54) is 0 Å². The van der Waals surface area contributed by atoms with Crippen LogP contribution in [-0.2, 0) is 0 Å². The van der Waals surface area contributed by atoms with Crippen molar-refractivity contribution in [3.63, 3.8) is 0 Å². The number of benzene rings is 3. The Kier molecular flexibility index (Phi) is 5.29. The minimum Gasteiger partial charge on any atom is -0.486 e. The number of hydrogen-bond acceptors (Lipinski definition) is 3. The van der Waals surface area contributed by atoms with Gasteiger partial charge in [0.15, 0.2) is 11.5 Å². The van der Waals surface area contributed by atoms with Crippen molar-refractivity contribution in [2.24, 2.45) is 0 Å². The van der Waals surface area contributed by atoms with Crippen LogP contribution in [0.1, 0.15) is 33.0 Å². The number of aryl methyl sites for hydroxylation is 1. The number of hydrogen-bond donors (Lipinski definition) is 1. The van der Waals surface area contributed by atoms with E-state index in [1.54, 1.807) is 0 Å². The Balaban J connectivity index is 1.58. The lowest BCUT2D eigenvalue weighted by Crippen LogP contribution is -2.29. The summed E-state index contributed by atoms with van der Waals surface area (Å²) in [5, 5.41) is 3.08. The molecule has 142 valence electrons. The lowest BCUT2D eigenvalue weighted by molar-refractivity contribution is 0.0952. The zero-order valence-corrected chi connectivity index (χ0v) is 15.9. The van der Waals surface area contributed by atoms with Crippen LogP contribution in [0.15, 0.2) is 72.8 Å². The SMILES string of the molecule is Cc1ccc(C(=O)NCC(c2ccccc2)c2ccc3c(c2)OCCO3)cc1. The molecule has 0 saturated carbocycles. The van der Waals surface area contributed by atoms with Crippen LogP contribution in [0.3, 0.4) is 0 Å². The van der Waals surface area contributed by atoms with Gasteiger partial charge < -0.3 is 14.8 Å². The largest absolute Gasteiger partial charge is 0.486 e. The average molecular weight is 373 g/mol. The molecule has 0 spiro atoms. The Bertz CT molecular complexity index is 951. The van der Waals surface area contributed by atoms with Crippen molar-refractivity contribution >= 4 is 5.91 Å². The first-order chi connectivity index (χ1) is 13.7. The molecular formula is C24H23NO3. The van der Waals surface area contributed by atoms with Gasteiger partial charge in [0.05, 0.1) is 0 Å². The molecule has 0 bridgehead atoms. The third-order valence-corrected chi connectivity index (χ3v) is 4.95. The molecule has 0 aliphatic carbocycles. The zero-order chi connectivity index (χ0) is 19.3. The predicted octanol–water partition coefficient (Wildman–Crippen LogP) is 4.33. The monoisotopic (exact) mass is 373 g/mol. The first kappa shape index (κ1) is 18.1. The second-order valence-corrected chi connectivity index (χ2v) is 6.94. The number of amides is 1. The summed E-state index contributed by atoms with van der Waals surface area (Å²) in [5.74, 6) is 1.48. The number of carbonyl (C=O) groups excluding carboxylic acids is 1. The van der Waals surface area contributed by atoms with Crippen LogP contribution in [0.25, 0.3) is 0 Å². The number of nitrogens with one attached hydrogen (secondary N) is 1. The number of carbonyl (C=O) groups is 1. The normalized spacial score (nSPS) is 13.6. The third kappa shape index (κ3) is 4.01.